The van der Waals surface area contributed by atoms with Crippen LogP contribution in [0.2, 0.25) is 0 Å². The van der Waals surface area contributed by atoms with Crippen LogP contribution in [0.5, 0.6) is 5.75 Å². The van der Waals surface area contributed by atoms with Crippen molar-refractivity contribution in [3.63, 3.8) is 0 Å². The van der Waals surface area contributed by atoms with Crippen LogP contribution in [0.1, 0.15) is 48.5 Å². The van der Waals surface area contributed by atoms with E-state index in [4.69, 9.17) is 5.73 Å². The Hall–Kier alpha value is -3.82. The normalized spacial score (nSPS) is 29.2. The summed E-state index contributed by atoms with van der Waals surface area (Å²) >= 11 is 0. The number of amides is 1. The molecule has 0 fully saturated rings. The van der Waals surface area contributed by atoms with E-state index in [0.29, 0.717) is 19.4 Å². The topological polar surface area (TPSA) is 243 Å². The van der Waals surface area contributed by atoms with Crippen molar-refractivity contribution in [2.45, 2.75) is 55.9 Å². The third-order valence-corrected chi connectivity index (χ3v) is 8.85. The molecule has 3 aliphatic rings. The highest BCUT2D eigenvalue weighted by Crippen LogP contribution is 2.56. The highest BCUT2D eigenvalue weighted by atomic mass is 16.4. The molecule has 0 spiro atoms. The molecule has 3 aliphatic carbocycles. The summed E-state index contributed by atoms with van der Waals surface area (Å²) in [4.78, 5) is 53.7. The van der Waals surface area contributed by atoms with E-state index in [0.717, 1.165) is 0 Å². The SMILES string of the molecule is CN(C)[C@@H]1C(O)=C(C(=O)NCNC(CCCCN)C(=O)O)C(=O)[C@@]2(O)C(O)=C3C(=O)c4c(O)cccc4[C@@](C)(O)[C@H]3C[C@@H]12. The fourth-order valence-corrected chi connectivity index (χ4v) is 6.64. The van der Waals surface area contributed by atoms with Gasteiger partial charge in [-0.1, -0.05) is 18.6 Å². The van der Waals surface area contributed by atoms with Gasteiger partial charge < -0.3 is 41.7 Å². The summed E-state index contributed by atoms with van der Waals surface area (Å²) in [6.07, 6.45) is 1.07. The molecule has 6 atom stereocenters. The number of carboxylic acids is 1. The number of rotatable bonds is 10. The van der Waals surface area contributed by atoms with E-state index in [1.54, 1.807) is 0 Å². The molecule has 0 saturated carbocycles. The summed E-state index contributed by atoms with van der Waals surface area (Å²) in [6.45, 7) is 1.36. The second-order valence-electron chi connectivity index (χ2n) is 11.7. The van der Waals surface area contributed by atoms with Crippen molar-refractivity contribution in [2.24, 2.45) is 17.6 Å². The van der Waals surface area contributed by atoms with Crippen LogP contribution in [-0.2, 0) is 20.0 Å². The van der Waals surface area contributed by atoms with Crippen LogP contribution >= 0.6 is 0 Å². The fourth-order valence-electron chi connectivity index (χ4n) is 6.64. The molecule has 0 aliphatic heterocycles. The number of fused-ring (bicyclic) bond motifs is 3. The first-order chi connectivity index (χ1) is 20.1. The molecule has 1 aromatic carbocycles. The molecule has 0 aromatic heterocycles. The number of nitrogens with zero attached hydrogens (tertiary/aromatic N) is 1. The zero-order chi connectivity index (χ0) is 32.0. The number of phenolic OH excluding ortho intramolecular Hbond substituents is 1. The van der Waals surface area contributed by atoms with Crippen LogP contribution in [0.3, 0.4) is 0 Å². The molecular weight excluding hydrogens is 564 g/mol. The molecule has 1 unspecified atom stereocenters. The summed E-state index contributed by atoms with van der Waals surface area (Å²) in [5.74, 6) is -9.28. The van der Waals surface area contributed by atoms with Gasteiger partial charge >= 0.3 is 5.97 Å². The second-order valence-corrected chi connectivity index (χ2v) is 11.7. The molecule has 1 amide bonds. The first kappa shape index (κ1) is 32.1. The molecule has 234 valence electrons. The lowest BCUT2D eigenvalue weighted by atomic mass is 9.55. The number of carboxylic acid groups (broad SMARTS) is 1. The highest BCUT2D eigenvalue weighted by molar-refractivity contribution is 6.25. The molecule has 0 saturated heterocycles. The number of carbonyl (C=O) groups is 4. The zero-order valence-corrected chi connectivity index (χ0v) is 24.1. The summed E-state index contributed by atoms with van der Waals surface area (Å²) in [6, 6.07) is 1.87. The molecule has 4 rings (SSSR count). The average Bonchev–Trinajstić information content (AvgIpc) is 2.92. The van der Waals surface area contributed by atoms with Gasteiger partial charge in [0.2, 0.25) is 5.78 Å². The Balaban J connectivity index is 1.73. The van der Waals surface area contributed by atoms with Crippen LogP contribution in [0, 0.1) is 11.8 Å². The molecule has 14 heteroatoms. The van der Waals surface area contributed by atoms with E-state index in [1.165, 1.54) is 44.1 Å². The number of aliphatic carboxylic acids is 1. The number of likely N-dealkylation sites (N-methyl/N-ethyl adjacent to an activating group) is 1. The quantitative estimate of drug-likeness (QED) is 0.0937. The summed E-state index contributed by atoms with van der Waals surface area (Å²) in [5.41, 5.74) is -0.782. The van der Waals surface area contributed by atoms with Crippen molar-refractivity contribution >= 4 is 23.4 Å². The van der Waals surface area contributed by atoms with Crippen molar-refractivity contribution in [3.05, 3.63) is 52.0 Å². The van der Waals surface area contributed by atoms with Gasteiger partial charge in [-0.15, -0.1) is 0 Å². The number of nitrogens with one attached hydrogen (secondary N) is 2. The molecule has 0 heterocycles. The number of hydrogen-bond donors (Lipinski definition) is 9. The van der Waals surface area contributed by atoms with Crippen molar-refractivity contribution in [2.75, 3.05) is 27.3 Å². The van der Waals surface area contributed by atoms with Gasteiger partial charge in [0.15, 0.2) is 11.4 Å². The van der Waals surface area contributed by atoms with E-state index in [1.807, 2.05) is 0 Å². The van der Waals surface area contributed by atoms with E-state index in [-0.39, 0.29) is 24.0 Å². The molecule has 0 radical (unpaired) electrons. The monoisotopic (exact) mass is 602 g/mol. The van der Waals surface area contributed by atoms with E-state index in [2.05, 4.69) is 10.6 Å². The fraction of sp³-hybridized carbons (Fsp3) is 0.517. The minimum atomic E-state index is -2.85. The Labute approximate surface area is 247 Å². The van der Waals surface area contributed by atoms with Crippen LogP contribution in [-0.4, -0.2) is 104 Å². The van der Waals surface area contributed by atoms with E-state index < -0.39 is 93.6 Å². The van der Waals surface area contributed by atoms with Gasteiger partial charge in [0.05, 0.1) is 23.9 Å². The van der Waals surface area contributed by atoms with Crippen molar-refractivity contribution in [3.8, 4) is 5.75 Å². The third-order valence-electron chi connectivity index (χ3n) is 8.85. The second kappa shape index (κ2) is 11.7. The lowest BCUT2D eigenvalue weighted by Crippen LogP contribution is -2.65. The Morgan fingerprint density at radius 1 is 1.14 bits per heavy atom. The molecule has 10 N–H and O–H groups in total. The van der Waals surface area contributed by atoms with Crippen LogP contribution in [0.15, 0.2) is 40.9 Å². The third kappa shape index (κ3) is 5.08. The molecule has 14 nitrogen and oxygen atoms in total. The van der Waals surface area contributed by atoms with Crippen molar-refractivity contribution in [1.82, 2.24) is 15.5 Å². The number of unbranched alkanes of at least 4 members (excludes halogenated alkanes) is 1. The standard InChI is InChI=1S/C29H38N4O10/c1-28(42)13-7-6-9-17(34)18(13)22(35)19-14(28)11-15-21(33(2)3)23(36)20(25(38)29(15,43)24(19)37)26(39)32-12-31-16(27(40)41)8-4-5-10-30/h6-7,9,14-16,21,31,34,36-37,42-43H,4-5,8,10-12,30H2,1-3H3,(H,32,39)(H,40,41)/t14-,15-,16?,21-,28+,29-/m0/s1. The van der Waals surface area contributed by atoms with Crippen LogP contribution in [0.25, 0.3) is 0 Å². The minimum Gasteiger partial charge on any atom is -0.510 e. The molecule has 0 bridgehead atoms. The molecular formula is C29H38N4O10. The molecule has 43 heavy (non-hydrogen) atoms. The van der Waals surface area contributed by atoms with Gasteiger partial charge in [-0.3, -0.25) is 29.4 Å². The zero-order valence-electron chi connectivity index (χ0n) is 24.1. The molecule has 1 aromatic rings. The summed E-state index contributed by atoms with van der Waals surface area (Å²) in [7, 11) is 3.03. The predicted molar refractivity (Wildman–Crippen MR) is 151 cm³/mol. The Bertz CT molecular complexity index is 1420. The maximum Gasteiger partial charge on any atom is 0.320 e. The van der Waals surface area contributed by atoms with Gasteiger partial charge in [0, 0.05) is 17.4 Å². The van der Waals surface area contributed by atoms with Gasteiger partial charge in [-0.05, 0) is 58.5 Å². The lowest BCUT2D eigenvalue weighted by molar-refractivity contribution is -0.152. The number of carbonyl (C=O) groups excluding carboxylic acids is 3. The van der Waals surface area contributed by atoms with Crippen molar-refractivity contribution in [1.29, 1.82) is 0 Å². The first-order valence-electron chi connectivity index (χ1n) is 14.0. The lowest BCUT2D eigenvalue weighted by Gasteiger charge is -2.52. The number of benzene rings is 1. The van der Waals surface area contributed by atoms with Crippen LogP contribution < -0.4 is 16.4 Å². The largest absolute Gasteiger partial charge is 0.510 e. The van der Waals surface area contributed by atoms with Crippen LogP contribution in [0.4, 0.5) is 0 Å². The minimum absolute atomic E-state index is 0.100. The number of ketones is 2. The van der Waals surface area contributed by atoms with Gasteiger partial charge in [-0.25, -0.2) is 0 Å². The smallest absolute Gasteiger partial charge is 0.320 e. The number of aromatic hydroxyl groups is 1. The van der Waals surface area contributed by atoms with Gasteiger partial charge in [0.25, 0.3) is 5.91 Å². The average molecular weight is 603 g/mol. The maximum atomic E-state index is 13.9. The number of aliphatic hydroxyl groups is 4. The number of aliphatic hydroxyl groups excluding tert-OH is 2. The van der Waals surface area contributed by atoms with Gasteiger partial charge in [-0.2, -0.15) is 0 Å². The Kier molecular flexibility index (Phi) is 8.73. The predicted octanol–water partition coefficient (Wildman–Crippen LogP) is -0.454. The summed E-state index contributed by atoms with van der Waals surface area (Å²) < 4.78 is 0. The number of nitrogens with two attached hydrogens (primary N) is 1. The van der Waals surface area contributed by atoms with Crippen molar-refractivity contribution < 1.29 is 49.8 Å². The highest BCUT2D eigenvalue weighted by Gasteiger charge is 2.65. The summed E-state index contributed by atoms with van der Waals surface area (Å²) in [5, 5.41) is 71.2. The number of phenols is 1. The van der Waals surface area contributed by atoms with E-state index >= 15 is 0 Å². The number of Topliss-reactive ketones (excluding diaryl/α,β-unsaturated/α-hetero) is 2. The van der Waals surface area contributed by atoms with E-state index in [9.17, 15) is 49.8 Å². The maximum absolute atomic E-state index is 13.9. The number of hydrogen-bond acceptors (Lipinski definition) is 12. The van der Waals surface area contributed by atoms with Gasteiger partial charge in [0.1, 0.15) is 28.9 Å². The Morgan fingerprint density at radius 2 is 1.81 bits per heavy atom. The first-order valence-corrected chi connectivity index (χ1v) is 14.0. The Morgan fingerprint density at radius 3 is 2.42 bits per heavy atom.